The van der Waals surface area contributed by atoms with Gasteiger partial charge in [0, 0.05) is 22.3 Å². The second kappa shape index (κ2) is 5.76. The molecule has 0 atom stereocenters. The van der Waals surface area contributed by atoms with Crippen LogP contribution in [0.3, 0.4) is 0 Å². The van der Waals surface area contributed by atoms with E-state index in [-0.39, 0.29) is 20.7 Å². The van der Waals surface area contributed by atoms with Gasteiger partial charge >= 0.3 is 0 Å². The van der Waals surface area contributed by atoms with Gasteiger partial charge in [0.1, 0.15) is 11.6 Å². The number of carbonyl (C=O) groups is 1. The Bertz CT molecular complexity index is 674. The van der Waals surface area contributed by atoms with Gasteiger partial charge in [-0.2, -0.15) is 0 Å². The third kappa shape index (κ3) is 3.26. The van der Waals surface area contributed by atoms with E-state index in [2.05, 4.69) is 21.2 Å². The number of halogens is 4. The van der Waals surface area contributed by atoms with Gasteiger partial charge in [-0.05, 0) is 40.2 Å². The molecule has 3 nitrogen and oxygen atoms in total. The number of nitrogen functional groups attached to an aromatic ring is 1. The Morgan fingerprint density at radius 3 is 2.50 bits per heavy atom. The molecule has 0 aliphatic heterocycles. The van der Waals surface area contributed by atoms with Crippen molar-refractivity contribution in [3.05, 3.63) is 57.0 Å². The molecule has 0 spiro atoms. The van der Waals surface area contributed by atoms with E-state index >= 15 is 0 Å². The fraction of sp³-hybridized carbons (Fsp3) is 0. The van der Waals surface area contributed by atoms with Gasteiger partial charge in [0.05, 0.1) is 10.2 Å². The first-order valence-electron chi connectivity index (χ1n) is 5.39. The minimum absolute atomic E-state index is 0.0415. The molecule has 0 bridgehead atoms. The fourth-order valence-electron chi connectivity index (χ4n) is 1.56. The molecule has 0 radical (unpaired) electrons. The highest BCUT2D eigenvalue weighted by Gasteiger charge is 2.13. The molecule has 104 valence electrons. The molecule has 2 aromatic carbocycles. The van der Waals surface area contributed by atoms with E-state index in [1.165, 1.54) is 18.2 Å². The van der Waals surface area contributed by atoms with Gasteiger partial charge in [0.2, 0.25) is 0 Å². The van der Waals surface area contributed by atoms with Gasteiger partial charge in [0.25, 0.3) is 5.91 Å². The minimum atomic E-state index is -0.881. The van der Waals surface area contributed by atoms with Crippen LogP contribution in [-0.4, -0.2) is 5.91 Å². The summed E-state index contributed by atoms with van der Waals surface area (Å²) in [6.45, 7) is 0. The van der Waals surface area contributed by atoms with Gasteiger partial charge in [-0.1, -0.05) is 11.6 Å². The average molecular weight is 362 g/mol. The molecule has 0 saturated carbocycles. The maximum absolute atomic E-state index is 13.5. The van der Waals surface area contributed by atoms with Crippen LogP contribution in [-0.2, 0) is 0 Å². The third-order valence-electron chi connectivity index (χ3n) is 2.44. The maximum atomic E-state index is 13.5. The Labute approximate surface area is 126 Å². The van der Waals surface area contributed by atoms with Crippen LogP contribution < -0.4 is 11.1 Å². The molecule has 0 saturated heterocycles. The van der Waals surface area contributed by atoms with E-state index in [0.29, 0.717) is 11.8 Å². The van der Waals surface area contributed by atoms with Gasteiger partial charge in [-0.3, -0.25) is 4.79 Å². The summed E-state index contributed by atoms with van der Waals surface area (Å²) in [5, 5.41) is 2.61. The molecule has 1 amide bonds. The molecule has 0 aliphatic rings. The molecule has 2 aromatic rings. The van der Waals surface area contributed by atoms with Gasteiger partial charge in [-0.25, -0.2) is 8.78 Å². The first-order valence-corrected chi connectivity index (χ1v) is 6.56. The van der Waals surface area contributed by atoms with Crippen LogP contribution in [0.1, 0.15) is 10.4 Å². The minimum Gasteiger partial charge on any atom is -0.399 e. The van der Waals surface area contributed by atoms with E-state index in [1.807, 2.05) is 0 Å². The zero-order valence-electron chi connectivity index (χ0n) is 9.88. The molecule has 2 rings (SSSR count). The second-order valence-corrected chi connectivity index (χ2v) is 5.26. The average Bonchev–Trinajstić information content (AvgIpc) is 2.34. The van der Waals surface area contributed by atoms with Crippen molar-refractivity contribution in [2.24, 2.45) is 0 Å². The predicted molar refractivity (Wildman–Crippen MR) is 77.9 cm³/mol. The number of anilines is 2. The Morgan fingerprint density at radius 1 is 1.15 bits per heavy atom. The molecule has 20 heavy (non-hydrogen) atoms. The summed E-state index contributed by atoms with van der Waals surface area (Å²) in [6.07, 6.45) is 0. The molecule has 7 heteroatoms. The highest BCUT2D eigenvalue weighted by atomic mass is 79.9. The van der Waals surface area contributed by atoms with Crippen LogP contribution in [0.5, 0.6) is 0 Å². The zero-order valence-corrected chi connectivity index (χ0v) is 12.2. The lowest BCUT2D eigenvalue weighted by Gasteiger charge is -2.08. The van der Waals surface area contributed by atoms with E-state index in [4.69, 9.17) is 17.3 Å². The number of carbonyl (C=O) groups excluding carboxylic acids is 1. The first kappa shape index (κ1) is 14.7. The van der Waals surface area contributed by atoms with E-state index in [9.17, 15) is 13.6 Å². The Hall–Kier alpha value is -1.66. The van der Waals surface area contributed by atoms with Crippen molar-refractivity contribution in [3.63, 3.8) is 0 Å². The monoisotopic (exact) mass is 360 g/mol. The smallest absolute Gasteiger partial charge is 0.255 e. The van der Waals surface area contributed by atoms with Gasteiger partial charge in [0.15, 0.2) is 0 Å². The van der Waals surface area contributed by atoms with Crippen LogP contribution in [0.15, 0.2) is 34.8 Å². The van der Waals surface area contributed by atoms with Crippen LogP contribution in [0.2, 0.25) is 5.02 Å². The van der Waals surface area contributed by atoms with Crippen molar-refractivity contribution in [1.29, 1.82) is 0 Å². The number of hydrogen-bond acceptors (Lipinski definition) is 2. The molecule has 0 heterocycles. The van der Waals surface area contributed by atoms with Crippen LogP contribution in [0, 0.1) is 11.6 Å². The first-order chi connectivity index (χ1) is 9.36. The lowest BCUT2D eigenvalue weighted by molar-refractivity contribution is 0.102. The van der Waals surface area contributed by atoms with Crippen molar-refractivity contribution < 1.29 is 13.6 Å². The number of nitrogens with two attached hydrogens (primary N) is 1. The van der Waals surface area contributed by atoms with Crippen LogP contribution in [0.4, 0.5) is 20.2 Å². The second-order valence-electron chi connectivity index (χ2n) is 3.97. The Kier molecular flexibility index (Phi) is 4.25. The maximum Gasteiger partial charge on any atom is 0.255 e. The highest BCUT2D eigenvalue weighted by molar-refractivity contribution is 9.10. The van der Waals surface area contributed by atoms with Crippen molar-refractivity contribution in [1.82, 2.24) is 0 Å². The highest BCUT2D eigenvalue weighted by Crippen LogP contribution is 2.25. The molecule has 0 aromatic heterocycles. The topological polar surface area (TPSA) is 55.1 Å². The number of benzene rings is 2. The zero-order chi connectivity index (χ0) is 14.9. The van der Waals surface area contributed by atoms with Crippen LogP contribution in [0.25, 0.3) is 0 Å². The third-order valence-corrected chi connectivity index (χ3v) is 3.27. The quantitative estimate of drug-likeness (QED) is 0.622. The summed E-state index contributed by atoms with van der Waals surface area (Å²) < 4.78 is 26.7. The Morgan fingerprint density at radius 2 is 1.85 bits per heavy atom. The molecule has 0 unspecified atom stereocenters. The number of rotatable bonds is 2. The lowest BCUT2D eigenvalue weighted by Crippen LogP contribution is -2.13. The Balaban J connectivity index is 2.30. The van der Waals surface area contributed by atoms with Crippen molar-refractivity contribution in [3.8, 4) is 0 Å². The molecule has 3 N–H and O–H groups in total. The SMILES string of the molecule is Nc1cc(Cl)cc(C(=O)Nc2cc(Br)c(F)cc2F)c1. The fourth-order valence-corrected chi connectivity index (χ4v) is 2.14. The number of nitrogens with one attached hydrogen (secondary N) is 1. The van der Waals surface area contributed by atoms with E-state index in [0.717, 1.165) is 6.07 Å². The lowest BCUT2D eigenvalue weighted by atomic mass is 10.2. The summed E-state index contributed by atoms with van der Waals surface area (Å²) >= 11 is 8.70. The van der Waals surface area contributed by atoms with Gasteiger partial charge < -0.3 is 11.1 Å². The number of amides is 1. The largest absolute Gasteiger partial charge is 0.399 e. The molecule has 0 aliphatic carbocycles. The summed E-state index contributed by atoms with van der Waals surface area (Å²) in [4.78, 5) is 12.0. The van der Waals surface area contributed by atoms with E-state index in [1.54, 1.807) is 0 Å². The normalized spacial score (nSPS) is 10.4. The van der Waals surface area contributed by atoms with Crippen molar-refractivity contribution in [2.75, 3.05) is 11.1 Å². The summed E-state index contributed by atoms with van der Waals surface area (Å²) in [5.41, 5.74) is 5.90. The van der Waals surface area contributed by atoms with Crippen LogP contribution >= 0.6 is 27.5 Å². The van der Waals surface area contributed by atoms with Gasteiger partial charge in [-0.15, -0.1) is 0 Å². The van der Waals surface area contributed by atoms with E-state index < -0.39 is 17.5 Å². The summed E-state index contributed by atoms with van der Waals surface area (Å²) in [7, 11) is 0. The number of hydrogen-bond donors (Lipinski definition) is 2. The summed E-state index contributed by atoms with van der Waals surface area (Å²) in [6, 6.07) is 6.08. The van der Waals surface area contributed by atoms with Crippen molar-refractivity contribution >= 4 is 44.8 Å². The standard InChI is InChI=1S/C13H8BrClF2N2O/c14-9-4-12(11(17)5-10(9)16)19-13(20)6-1-7(15)3-8(18)2-6/h1-5H,18H2,(H,19,20). The molecular weight excluding hydrogens is 354 g/mol. The van der Waals surface area contributed by atoms with Crippen molar-refractivity contribution in [2.45, 2.75) is 0 Å². The molecular formula is C13H8BrClF2N2O. The predicted octanol–water partition coefficient (Wildman–Crippen LogP) is 4.22. The molecule has 0 fully saturated rings. The summed E-state index contributed by atoms with van der Waals surface area (Å²) in [5.74, 6) is -2.24.